The SMILES string of the molecule is CNc1cc(N(C)c2ccc(C)cc2)ccc1N.Nc1c(C=O)cnn1-c1ccccn1. The first-order valence-corrected chi connectivity index (χ1v) is 10.0. The van der Waals surface area contributed by atoms with Gasteiger partial charge in [-0.3, -0.25) is 4.79 Å². The van der Waals surface area contributed by atoms with E-state index in [1.807, 2.05) is 25.2 Å². The predicted molar refractivity (Wildman–Crippen MR) is 131 cm³/mol. The van der Waals surface area contributed by atoms with Gasteiger partial charge in [-0.25, -0.2) is 4.98 Å². The summed E-state index contributed by atoms with van der Waals surface area (Å²) in [4.78, 5) is 16.7. The molecule has 0 radical (unpaired) electrons. The lowest BCUT2D eigenvalue weighted by molar-refractivity contribution is 0.112. The van der Waals surface area contributed by atoms with Crippen molar-refractivity contribution in [3.05, 3.63) is 84.2 Å². The van der Waals surface area contributed by atoms with Crippen LogP contribution in [0.3, 0.4) is 0 Å². The summed E-state index contributed by atoms with van der Waals surface area (Å²) in [6.45, 7) is 2.09. The largest absolute Gasteiger partial charge is 0.397 e. The van der Waals surface area contributed by atoms with E-state index in [2.05, 4.69) is 64.6 Å². The van der Waals surface area contributed by atoms with Gasteiger partial charge in [-0.05, 0) is 49.4 Å². The first kappa shape index (κ1) is 22.4. The highest BCUT2D eigenvalue weighted by atomic mass is 16.1. The maximum Gasteiger partial charge on any atom is 0.155 e. The van der Waals surface area contributed by atoms with Gasteiger partial charge >= 0.3 is 0 Å². The zero-order valence-corrected chi connectivity index (χ0v) is 18.4. The molecule has 0 unspecified atom stereocenters. The number of pyridine rings is 1. The van der Waals surface area contributed by atoms with Gasteiger partial charge in [0.05, 0.1) is 23.1 Å². The summed E-state index contributed by atoms with van der Waals surface area (Å²) >= 11 is 0. The number of rotatable bonds is 5. The van der Waals surface area contributed by atoms with Crippen LogP contribution in [-0.4, -0.2) is 35.1 Å². The molecule has 0 bridgehead atoms. The van der Waals surface area contributed by atoms with E-state index >= 15 is 0 Å². The molecule has 0 saturated heterocycles. The Balaban J connectivity index is 0.000000186. The molecule has 8 heteroatoms. The van der Waals surface area contributed by atoms with Gasteiger partial charge in [0.25, 0.3) is 0 Å². The molecular formula is C24H27N7O. The van der Waals surface area contributed by atoms with Gasteiger partial charge in [-0.15, -0.1) is 0 Å². The van der Waals surface area contributed by atoms with Crippen molar-refractivity contribution in [3.8, 4) is 5.82 Å². The van der Waals surface area contributed by atoms with Crippen LogP contribution in [-0.2, 0) is 0 Å². The number of aromatic nitrogens is 3. The first-order chi connectivity index (χ1) is 15.4. The number of aldehydes is 1. The van der Waals surface area contributed by atoms with E-state index in [0.29, 0.717) is 23.5 Å². The van der Waals surface area contributed by atoms with Crippen LogP contribution in [0.4, 0.5) is 28.6 Å². The van der Waals surface area contributed by atoms with Crippen molar-refractivity contribution in [2.24, 2.45) is 0 Å². The molecule has 8 nitrogen and oxygen atoms in total. The van der Waals surface area contributed by atoms with Crippen LogP contribution >= 0.6 is 0 Å². The van der Waals surface area contributed by atoms with Crippen molar-refractivity contribution in [2.75, 3.05) is 35.8 Å². The van der Waals surface area contributed by atoms with Gasteiger partial charge in [-0.2, -0.15) is 9.78 Å². The Hall–Kier alpha value is -4.33. The average molecular weight is 430 g/mol. The molecule has 0 saturated carbocycles. The first-order valence-electron chi connectivity index (χ1n) is 10.0. The topological polar surface area (TPSA) is 115 Å². The second kappa shape index (κ2) is 10.1. The smallest absolute Gasteiger partial charge is 0.155 e. The number of nitrogens with one attached hydrogen (secondary N) is 1. The second-order valence-electron chi connectivity index (χ2n) is 7.12. The summed E-state index contributed by atoms with van der Waals surface area (Å²) in [5, 5.41) is 7.05. The van der Waals surface area contributed by atoms with E-state index in [9.17, 15) is 4.79 Å². The Morgan fingerprint density at radius 2 is 1.75 bits per heavy atom. The van der Waals surface area contributed by atoms with Crippen LogP contribution in [0.5, 0.6) is 0 Å². The van der Waals surface area contributed by atoms with Gasteiger partial charge in [0, 0.05) is 31.7 Å². The van der Waals surface area contributed by atoms with Gasteiger partial charge in [0.1, 0.15) is 5.82 Å². The number of hydrogen-bond donors (Lipinski definition) is 3. The molecule has 2 aromatic heterocycles. The lowest BCUT2D eigenvalue weighted by Crippen LogP contribution is -2.10. The number of nitrogens with zero attached hydrogens (tertiary/aromatic N) is 4. The molecule has 2 heterocycles. The third-order valence-electron chi connectivity index (χ3n) is 4.94. The molecule has 0 aliphatic heterocycles. The number of carbonyl (C=O) groups excluding carboxylic acids is 1. The molecule has 0 atom stereocenters. The van der Waals surface area contributed by atoms with Crippen molar-refractivity contribution in [2.45, 2.75) is 6.92 Å². The predicted octanol–water partition coefficient (Wildman–Crippen LogP) is 4.05. The van der Waals surface area contributed by atoms with Gasteiger partial charge in [0.15, 0.2) is 12.1 Å². The molecule has 0 fully saturated rings. The van der Waals surface area contributed by atoms with Crippen LogP contribution in [0.1, 0.15) is 15.9 Å². The highest BCUT2D eigenvalue weighted by Gasteiger charge is 2.08. The van der Waals surface area contributed by atoms with Crippen molar-refractivity contribution in [1.82, 2.24) is 14.8 Å². The van der Waals surface area contributed by atoms with Crippen molar-refractivity contribution in [3.63, 3.8) is 0 Å². The monoisotopic (exact) mass is 429 g/mol. The van der Waals surface area contributed by atoms with Crippen molar-refractivity contribution < 1.29 is 4.79 Å². The zero-order chi connectivity index (χ0) is 23.1. The Morgan fingerprint density at radius 3 is 2.34 bits per heavy atom. The van der Waals surface area contributed by atoms with Gasteiger partial charge < -0.3 is 21.7 Å². The number of anilines is 5. The summed E-state index contributed by atoms with van der Waals surface area (Å²) in [7, 11) is 3.93. The Bertz CT molecular complexity index is 1170. The summed E-state index contributed by atoms with van der Waals surface area (Å²) in [6.07, 6.45) is 3.72. The Labute approximate surface area is 187 Å². The number of carbonyl (C=O) groups is 1. The molecule has 32 heavy (non-hydrogen) atoms. The minimum Gasteiger partial charge on any atom is -0.397 e. The van der Waals surface area contributed by atoms with Crippen LogP contribution < -0.4 is 21.7 Å². The summed E-state index contributed by atoms with van der Waals surface area (Å²) in [5.41, 5.74) is 17.2. The molecule has 5 N–H and O–H groups in total. The zero-order valence-electron chi connectivity index (χ0n) is 18.4. The summed E-state index contributed by atoms with van der Waals surface area (Å²) < 4.78 is 1.42. The molecule has 4 aromatic rings. The number of nitrogens with two attached hydrogens (primary N) is 2. The fourth-order valence-corrected chi connectivity index (χ4v) is 3.01. The van der Waals surface area contributed by atoms with Gasteiger partial charge in [-0.1, -0.05) is 23.8 Å². The Morgan fingerprint density at radius 1 is 1.03 bits per heavy atom. The van der Waals surface area contributed by atoms with E-state index in [4.69, 9.17) is 11.5 Å². The van der Waals surface area contributed by atoms with Crippen molar-refractivity contribution >= 4 is 34.9 Å². The fraction of sp³-hybridized carbons (Fsp3) is 0.125. The number of aryl methyl sites for hydroxylation is 1. The van der Waals surface area contributed by atoms with Crippen LogP contribution in [0.25, 0.3) is 5.82 Å². The van der Waals surface area contributed by atoms with E-state index in [1.54, 1.807) is 18.3 Å². The maximum absolute atomic E-state index is 10.5. The fourth-order valence-electron chi connectivity index (χ4n) is 3.01. The molecular weight excluding hydrogens is 402 g/mol. The second-order valence-corrected chi connectivity index (χ2v) is 7.12. The maximum atomic E-state index is 10.5. The van der Waals surface area contributed by atoms with E-state index < -0.39 is 0 Å². The van der Waals surface area contributed by atoms with E-state index in [-0.39, 0.29) is 0 Å². The molecule has 2 aromatic carbocycles. The standard InChI is InChI=1S/C15H19N3.C9H8N4O/c1-11-4-6-12(7-5-11)18(3)13-8-9-14(16)15(10-13)17-2;10-9-7(6-14)5-12-13(9)8-3-1-2-4-11-8/h4-10,17H,16H2,1-3H3;1-6H,10H2. The highest BCUT2D eigenvalue weighted by molar-refractivity contribution is 5.81. The Kier molecular flexibility index (Phi) is 7.07. The minimum atomic E-state index is 0.304. The molecule has 164 valence electrons. The third kappa shape index (κ3) is 5.04. The van der Waals surface area contributed by atoms with Crippen LogP contribution in [0.2, 0.25) is 0 Å². The quantitative estimate of drug-likeness (QED) is 0.324. The molecule has 0 aliphatic carbocycles. The van der Waals surface area contributed by atoms with Gasteiger partial charge in [0.2, 0.25) is 0 Å². The third-order valence-corrected chi connectivity index (χ3v) is 4.94. The number of nitrogen functional groups attached to an aromatic ring is 2. The minimum absolute atomic E-state index is 0.304. The summed E-state index contributed by atoms with van der Waals surface area (Å²) in [6, 6.07) is 19.8. The van der Waals surface area contributed by atoms with Crippen LogP contribution in [0.15, 0.2) is 73.1 Å². The normalized spacial score (nSPS) is 10.1. The van der Waals surface area contributed by atoms with Crippen molar-refractivity contribution in [1.29, 1.82) is 0 Å². The average Bonchev–Trinajstić information content (AvgIpc) is 3.20. The van der Waals surface area contributed by atoms with E-state index in [1.165, 1.54) is 16.4 Å². The van der Waals surface area contributed by atoms with Crippen LogP contribution in [0, 0.1) is 6.92 Å². The molecule has 0 spiro atoms. The lowest BCUT2D eigenvalue weighted by atomic mass is 10.2. The number of hydrogen-bond acceptors (Lipinski definition) is 7. The molecule has 0 aliphatic rings. The summed E-state index contributed by atoms with van der Waals surface area (Å²) in [5.74, 6) is 0.900. The highest BCUT2D eigenvalue weighted by Crippen LogP contribution is 2.29. The lowest BCUT2D eigenvalue weighted by Gasteiger charge is -2.21. The van der Waals surface area contributed by atoms with E-state index in [0.717, 1.165) is 22.7 Å². The molecule has 0 amide bonds. The molecule has 4 rings (SSSR count). The number of benzene rings is 2.